The van der Waals surface area contributed by atoms with Gasteiger partial charge in [-0.25, -0.2) is 4.39 Å². The third kappa shape index (κ3) is 3.75. The van der Waals surface area contributed by atoms with Crippen LogP contribution < -0.4 is 5.32 Å². The summed E-state index contributed by atoms with van der Waals surface area (Å²) in [5.41, 5.74) is 0.616. The van der Waals surface area contributed by atoms with Crippen molar-refractivity contribution in [2.45, 2.75) is 12.8 Å². The van der Waals surface area contributed by atoms with E-state index in [2.05, 4.69) is 20.4 Å². The second-order valence-electron chi connectivity index (χ2n) is 4.88. The highest BCUT2D eigenvalue weighted by Gasteiger charge is 2.13. The molecule has 122 valence electrons. The molecule has 0 fully saturated rings. The number of aryl methyl sites for hydroxylation is 1. The van der Waals surface area contributed by atoms with Crippen LogP contribution in [-0.4, -0.2) is 21.0 Å². The lowest BCUT2D eigenvalue weighted by Crippen LogP contribution is -2.13. The van der Waals surface area contributed by atoms with Crippen molar-refractivity contribution < 1.29 is 13.7 Å². The number of pyridine rings is 1. The van der Waals surface area contributed by atoms with Crippen LogP contribution in [0.1, 0.15) is 12.3 Å². The molecular weight excluding hydrogens is 335 g/mol. The molecule has 0 spiro atoms. The van der Waals surface area contributed by atoms with Crippen LogP contribution in [0.4, 0.5) is 10.1 Å². The molecule has 3 aromatic rings. The molecule has 1 aromatic carbocycles. The first kappa shape index (κ1) is 16.1. The lowest BCUT2D eigenvalue weighted by atomic mass is 10.2. The Morgan fingerprint density at radius 1 is 1.25 bits per heavy atom. The molecule has 0 atom stereocenters. The summed E-state index contributed by atoms with van der Waals surface area (Å²) in [6.07, 6.45) is 1.92. The third-order valence-corrected chi connectivity index (χ3v) is 3.45. The smallest absolute Gasteiger partial charge is 0.227 e. The van der Waals surface area contributed by atoms with Gasteiger partial charge < -0.3 is 9.84 Å². The van der Waals surface area contributed by atoms with Gasteiger partial charge in [0.15, 0.2) is 5.82 Å². The van der Waals surface area contributed by atoms with Gasteiger partial charge in [-0.05, 0) is 24.3 Å². The summed E-state index contributed by atoms with van der Waals surface area (Å²) in [7, 11) is 0. The Kier molecular flexibility index (Phi) is 4.81. The molecular formula is C16H12ClFN4O2. The van der Waals surface area contributed by atoms with Crippen LogP contribution in [-0.2, 0) is 11.2 Å². The number of nitrogens with one attached hydrogen (secondary N) is 1. The Balaban J connectivity index is 1.59. The summed E-state index contributed by atoms with van der Waals surface area (Å²) in [6, 6.07) is 9.74. The molecule has 0 aliphatic carbocycles. The fourth-order valence-electron chi connectivity index (χ4n) is 1.99. The van der Waals surface area contributed by atoms with Crippen LogP contribution in [0.5, 0.6) is 0 Å². The predicted molar refractivity (Wildman–Crippen MR) is 85.9 cm³/mol. The SMILES string of the molecule is O=C(CCc1nc(-c2ccccn2)no1)Nc1cccc(Cl)c1F. The van der Waals surface area contributed by atoms with Gasteiger partial charge in [0, 0.05) is 19.0 Å². The molecule has 0 saturated carbocycles. The second-order valence-corrected chi connectivity index (χ2v) is 5.28. The van der Waals surface area contributed by atoms with Gasteiger partial charge in [-0.3, -0.25) is 9.78 Å². The highest BCUT2D eigenvalue weighted by molar-refractivity contribution is 6.31. The van der Waals surface area contributed by atoms with E-state index in [4.69, 9.17) is 16.1 Å². The number of hydrogen-bond acceptors (Lipinski definition) is 5. The first-order valence-electron chi connectivity index (χ1n) is 7.11. The molecule has 0 aliphatic heterocycles. The minimum atomic E-state index is -0.664. The lowest BCUT2D eigenvalue weighted by molar-refractivity contribution is -0.116. The summed E-state index contributed by atoms with van der Waals surface area (Å²) in [5, 5.41) is 6.22. The first-order valence-corrected chi connectivity index (χ1v) is 7.49. The van der Waals surface area contributed by atoms with E-state index in [1.165, 1.54) is 12.1 Å². The number of benzene rings is 1. The van der Waals surface area contributed by atoms with Crippen LogP contribution in [0.3, 0.4) is 0 Å². The van der Waals surface area contributed by atoms with E-state index < -0.39 is 5.82 Å². The van der Waals surface area contributed by atoms with Crippen molar-refractivity contribution in [2.75, 3.05) is 5.32 Å². The predicted octanol–water partition coefficient (Wildman–Crippen LogP) is 3.50. The summed E-state index contributed by atoms with van der Waals surface area (Å²) in [4.78, 5) is 20.2. The topological polar surface area (TPSA) is 80.9 Å². The molecule has 6 nitrogen and oxygen atoms in total. The number of carbonyl (C=O) groups is 1. The van der Waals surface area contributed by atoms with Crippen molar-refractivity contribution in [1.29, 1.82) is 0 Å². The minimum absolute atomic E-state index is 0.0344. The highest BCUT2D eigenvalue weighted by Crippen LogP contribution is 2.22. The van der Waals surface area contributed by atoms with Crippen molar-refractivity contribution >= 4 is 23.2 Å². The summed E-state index contributed by atoms with van der Waals surface area (Å²) in [5.74, 6) is -0.388. The van der Waals surface area contributed by atoms with Crippen LogP contribution in [0.2, 0.25) is 5.02 Å². The summed E-state index contributed by atoms with van der Waals surface area (Å²) < 4.78 is 18.8. The fraction of sp³-hybridized carbons (Fsp3) is 0.125. The zero-order chi connectivity index (χ0) is 16.9. The Labute approximate surface area is 141 Å². The van der Waals surface area contributed by atoms with E-state index in [1.807, 2.05) is 6.07 Å². The number of rotatable bonds is 5. The molecule has 3 rings (SSSR count). The van der Waals surface area contributed by atoms with Gasteiger partial charge >= 0.3 is 0 Å². The molecule has 0 unspecified atom stereocenters. The highest BCUT2D eigenvalue weighted by atomic mass is 35.5. The summed E-state index contributed by atoms with van der Waals surface area (Å²) >= 11 is 5.67. The summed E-state index contributed by atoms with van der Waals surface area (Å²) in [6.45, 7) is 0. The zero-order valence-electron chi connectivity index (χ0n) is 12.4. The molecule has 0 saturated heterocycles. The Morgan fingerprint density at radius 2 is 2.12 bits per heavy atom. The van der Waals surface area contributed by atoms with Crippen LogP contribution >= 0.6 is 11.6 Å². The van der Waals surface area contributed by atoms with Gasteiger partial charge in [-0.1, -0.05) is 28.9 Å². The molecule has 1 amide bonds. The normalized spacial score (nSPS) is 10.6. The van der Waals surface area contributed by atoms with Crippen LogP contribution in [0.25, 0.3) is 11.5 Å². The Hall–Kier alpha value is -2.80. The minimum Gasteiger partial charge on any atom is -0.339 e. The number of hydrogen-bond donors (Lipinski definition) is 1. The number of anilines is 1. The number of aromatic nitrogens is 3. The fourth-order valence-corrected chi connectivity index (χ4v) is 2.16. The maximum absolute atomic E-state index is 13.7. The van der Waals surface area contributed by atoms with E-state index in [0.717, 1.165) is 0 Å². The number of amides is 1. The maximum Gasteiger partial charge on any atom is 0.227 e. The largest absolute Gasteiger partial charge is 0.339 e. The van der Waals surface area contributed by atoms with E-state index in [9.17, 15) is 9.18 Å². The monoisotopic (exact) mass is 346 g/mol. The second kappa shape index (κ2) is 7.18. The Morgan fingerprint density at radius 3 is 2.92 bits per heavy atom. The van der Waals surface area contributed by atoms with Crippen molar-refractivity contribution in [3.05, 3.63) is 59.3 Å². The van der Waals surface area contributed by atoms with Gasteiger partial charge in [-0.15, -0.1) is 0 Å². The van der Waals surface area contributed by atoms with Crippen molar-refractivity contribution in [3.8, 4) is 11.5 Å². The molecule has 1 N–H and O–H groups in total. The molecule has 8 heteroatoms. The number of carbonyl (C=O) groups excluding carboxylic acids is 1. The average molecular weight is 347 g/mol. The molecule has 2 heterocycles. The third-order valence-electron chi connectivity index (χ3n) is 3.15. The molecule has 2 aromatic heterocycles. The zero-order valence-corrected chi connectivity index (χ0v) is 13.1. The van der Waals surface area contributed by atoms with Crippen molar-refractivity contribution in [3.63, 3.8) is 0 Å². The number of halogens is 2. The van der Waals surface area contributed by atoms with Crippen molar-refractivity contribution in [1.82, 2.24) is 15.1 Å². The molecule has 0 bridgehead atoms. The lowest BCUT2D eigenvalue weighted by Gasteiger charge is -2.06. The van der Waals surface area contributed by atoms with Gasteiger partial charge in [0.2, 0.25) is 17.6 Å². The molecule has 0 aliphatic rings. The van der Waals surface area contributed by atoms with Gasteiger partial charge in [0.05, 0.1) is 10.7 Å². The van der Waals surface area contributed by atoms with E-state index in [0.29, 0.717) is 17.4 Å². The average Bonchev–Trinajstić information content (AvgIpc) is 3.07. The Bertz CT molecular complexity index is 854. The first-order chi connectivity index (χ1) is 11.6. The van der Waals surface area contributed by atoms with Gasteiger partial charge in [0.25, 0.3) is 0 Å². The maximum atomic E-state index is 13.7. The molecule has 24 heavy (non-hydrogen) atoms. The van der Waals surface area contributed by atoms with E-state index >= 15 is 0 Å². The van der Waals surface area contributed by atoms with Gasteiger partial charge in [-0.2, -0.15) is 4.98 Å². The number of nitrogens with zero attached hydrogens (tertiary/aromatic N) is 3. The van der Waals surface area contributed by atoms with Crippen molar-refractivity contribution in [2.24, 2.45) is 0 Å². The standard InChI is InChI=1S/C16H12ClFN4O2/c17-10-4-3-6-11(15(10)18)20-13(23)7-8-14-21-16(22-24-14)12-5-1-2-9-19-12/h1-6,9H,7-8H2,(H,20,23). The van der Waals surface area contributed by atoms with Crippen LogP contribution in [0.15, 0.2) is 47.1 Å². The van der Waals surface area contributed by atoms with Crippen LogP contribution in [0, 0.1) is 5.82 Å². The molecule has 0 radical (unpaired) electrons. The quantitative estimate of drug-likeness (QED) is 0.764. The van der Waals surface area contributed by atoms with Gasteiger partial charge in [0.1, 0.15) is 5.69 Å². The van der Waals surface area contributed by atoms with E-state index in [-0.39, 0.29) is 29.5 Å². The van der Waals surface area contributed by atoms with E-state index in [1.54, 1.807) is 24.4 Å².